The number of hydrogen-bond donors (Lipinski definition) is 1. The van der Waals surface area contributed by atoms with Crippen LogP contribution in [0.3, 0.4) is 0 Å². The minimum atomic E-state index is 0.572. The van der Waals surface area contributed by atoms with E-state index in [1.807, 2.05) is 6.07 Å². The minimum Gasteiger partial charge on any atom is -0.351 e. The van der Waals surface area contributed by atoms with Crippen molar-refractivity contribution in [3.8, 4) is 0 Å². The van der Waals surface area contributed by atoms with E-state index in [0.29, 0.717) is 6.04 Å². The fraction of sp³-hybridized carbons (Fsp3) is 0.600. The summed E-state index contributed by atoms with van der Waals surface area (Å²) in [6, 6.07) is 2.41. The van der Waals surface area contributed by atoms with Crippen molar-refractivity contribution in [3.05, 3.63) is 18.5 Å². The summed E-state index contributed by atoms with van der Waals surface area (Å²) in [6.45, 7) is 2.21. The second-order valence-corrected chi connectivity index (χ2v) is 3.57. The van der Waals surface area contributed by atoms with E-state index in [1.54, 1.807) is 12.4 Å². The Labute approximate surface area is 78.6 Å². The van der Waals surface area contributed by atoms with Gasteiger partial charge in [-0.05, 0) is 31.2 Å². The molecule has 13 heavy (non-hydrogen) atoms. The Morgan fingerprint density at radius 3 is 2.69 bits per heavy atom. The van der Waals surface area contributed by atoms with Crippen LogP contribution in [0.25, 0.3) is 0 Å². The van der Waals surface area contributed by atoms with Gasteiger partial charge < -0.3 is 5.32 Å². The highest BCUT2D eigenvalue weighted by Crippen LogP contribution is 2.35. The van der Waals surface area contributed by atoms with Crippen molar-refractivity contribution >= 4 is 5.95 Å². The van der Waals surface area contributed by atoms with Crippen LogP contribution in [0, 0.1) is 5.92 Å². The van der Waals surface area contributed by atoms with Crippen LogP contribution in [0.5, 0.6) is 0 Å². The van der Waals surface area contributed by atoms with E-state index in [2.05, 4.69) is 22.2 Å². The molecule has 70 valence electrons. The number of nitrogens with one attached hydrogen (secondary N) is 1. The fourth-order valence-electron chi connectivity index (χ4n) is 1.59. The van der Waals surface area contributed by atoms with Crippen LogP contribution in [0.4, 0.5) is 5.95 Å². The molecule has 1 atom stereocenters. The zero-order valence-electron chi connectivity index (χ0n) is 7.90. The minimum absolute atomic E-state index is 0.572. The van der Waals surface area contributed by atoms with Gasteiger partial charge in [0.15, 0.2) is 0 Å². The van der Waals surface area contributed by atoms with E-state index in [1.165, 1.54) is 12.8 Å². The summed E-state index contributed by atoms with van der Waals surface area (Å²) in [5, 5.41) is 3.37. The summed E-state index contributed by atoms with van der Waals surface area (Å²) in [4.78, 5) is 8.31. The molecular formula is C10H15N3. The number of anilines is 1. The monoisotopic (exact) mass is 177 g/mol. The zero-order valence-corrected chi connectivity index (χ0v) is 7.90. The summed E-state index contributed by atoms with van der Waals surface area (Å²) in [5.74, 6) is 1.62. The first-order valence-electron chi connectivity index (χ1n) is 4.93. The molecule has 0 bridgehead atoms. The molecule has 0 amide bonds. The number of nitrogens with zero attached hydrogens (tertiary/aromatic N) is 2. The maximum absolute atomic E-state index is 4.15. The van der Waals surface area contributed by atoms with Crippen molar-refractivity contribution in [2.45, 2.75) is 32.2 Å². The quantitative estimate of drug-likeness (QED) is 0.765. The van der Waals surface area contributed by atoms with Gasteiger partial charge in [0.25, 0.3) is 0 Å². The molecule has 1 aromatic rings. The van der Waals surface area contributed by atoms with Crippen LogP contribution in [0.2, 0.25) is 0 Å². The number of hydrogen-bond acceptors (Lipinski definition) is 3. The third-order valence-corrected chi connectivity index (χ3v) is 2.51. The van der Waals surface area contributed by atoms with E-state index in [9.17, 15) is 0 Å². The molecule has 1 saturated carbocycles. The largest absolute Gasteiger partial charge is 0.351 e. The highest BCUT2D eigenvalue weighted by atomic mass is 15.1. The van der Waals surface area contributed by atoms with Crippen LogP contribution in [-0.4, -0.2) is 16.0 Å². The summed E-state index contributed by atoms with van der Waals surface area (Å²) in [7, 11) is 0. The Kier molecular flexibility index (Phi) is 2.43. The maximum Gasteiger partial charge on any atom is 0.222 e. The predicted molar refractivity (Wildman–Crippen MR) is 52.5 cm³/mol. The SMILES string of the molecule is CCC(Nc1ncccn1)C1CC1. The Morgan fingerprint density at radius 2 is 2.15 bits per heavy atom. The van der Waals surface area contributed by atoms with Gasteiger partial charge in [0, 0.05) is 18.4 Å². The van der Waals surface area contributed by atoms with Gasteiger partial charge in [-0.3, -0.25) is 0 Å². The molecule has 2 rings (SSSR count). The molecule has 0 radical (unpaired) electrons. The Bertz CT molecular complexity index is 256. The zero-order chi connectivity index (χ0) is 9.10. The first-order chi connectivity index (χ1) is 6.40. The van der Waals surface area contributed by atoms with Crippen LogP contribution < -0.4 is 5.32 Å². The molecule has 1 fully saturated rings. The van der Waals surface area contributed by atoms with Crippen LogP contribution >= 0.6 is 0 Å². The van der Waals surface area contributed by atoms with E-state index in [4.69, 9.17) is 0 Å². The van der Waals surface area contributed by atoms with Crippen LogP contribution in [0.15, 0.2) is 18.5 Å². The lowest BCUT2D eigenvalue weighted by Gasteiger charge is -2.15. The van der Waals surface area contributed by atoms with Crippen molar-refractivity contribution in [1.82, 2.24) is 9.97 Å². The summed E-state index contributed by atoms with van der Waals surface area (Å²) in [6.07, 6.45) is 7.42. The molecular weight excluding hydrogens is 162 g/mol. The molecule has 0 aromatic carbocycles. The van der Waals surface area contributed by atoms with Gasteiger partial charge in [0.1, 0.15) is 0 Å². The van der Waals surface area contributed by atoms with E-state index < -0.39 is 0 Å². The lowest BCUT2D eigenvalue weighted by molar-refractivity contribution is 0.611. The van der Waals surface area contributed by atoms with Crippen molar-refractivity contribution < 1.29 is 0 Å². The second-order valence-electron chi connectivity index (χ2n) is 3.57. The highest BCUT2D eigenvalue weighted by molar-refractivity contribution is 5.25. The van der Waals surface area contributed by atoms with Gasteiger partial charge >= 0.3 is 0 Å². The van der Waals surface area contributed by atoms with E-state index >= 15 is 0 Å². The smallest absolute Gasteiger partial charge is 0.222 e. The Balaban J connectivity index is 1.95. The van der Waals surface area contributed by atoms with E-state index in [0.717, 1.165) is 18.3 Å². The lowest BCUT2D eigenvalue weighted by atomic mass is 10.1. The Hall–Kier alpha value is -1.12. The van der Waals surface area contributed by atoms with Gasteiger partial charge in [-0.2, -0.15) is 0 Å². The normalized spacial score (nSPS) is 18.2. The first-order valence-corrected chi connectivity index (χ1v) is 4.93. The molecule has 1 aliphatic carbocycles. The van der Waals surface area contributed by atoms with Crippen molar-refractivity contribution in [2.75, 3.05) is 5.32 Å². The van der Waals surface area contributed by atoms with E-state index in [-0.39, 0.29) is 0 Å². The van der Waals surface area contributed by atoms with Crippen molar-refractivity contribution in [3.63, 3.8) is 0 Å². The van der Waals surface area contributed by atoms with Gasteiger partial charge in [0.05, 0.1) is 0 Å². The maximum atomic E-state index is 4.15. The lowest BCUT2D eigenvalue weighted by Crippen LogP contribution is -2.21. The third kappa shape index (κ3) is 2.17. The molecule has 1 aromatic heterocycles. The molecule has 3 nitrogen and oxygen atoms in total. The molecule has 1 unspecified atom stereocenters. The van der Waals surface area contributed by atoms with Gasteiger partial charge in [-0.25, -0.2) is 9.97 Å². The van der Waals surface area contributed by atoms with Crippen molar-refractivity contribution in [2.24, 2.45) is 5.92 Å². The van der Waals surface area contributed by atoms with Crippen LogP contribution in [0.1, 0.15) is 26.2 Å². The fourth-order valence-corrected chi connectivity index (χ4v) is 1.59. The van der Waals surface area contributed by atoms with Crippen LogP contribution in [-0.2, 0) is 0 Å². The topological polar surface area (TPSA) is 37.8 Å². The molecule has 3 heteroatoms. The average molecular weight is 177 g/mol. The summed E-state index contributed by atoms with van der Waals surface area (Å²) < 4.78 is 0. The number of aromatic nitrogens is 2. The van der Waals surface area contributed by atoms with Gasteiger partial charge in [0.2, 0.25) is 5.95 Å². The Morgan fingerprint density at radius 1 is 1.46 bits per heavy atom. The predicted octanol–water partition coefficient (Wildman–Crippen LogP) is 2.08. The number of rotatable bonds is 4. The average Bonchev–Trinajstić information content (AvgIpc) is 2.99. The van der Waals surface area contributed by atoms with Crippen molar-refractivity contribution in [1.29, 1.82) is 0 Å². The molecule has 0 spiro atoms. The molecule has 0 saturated heterocycles. The molecule has 1 N–H and O–H groups in total. The standard InChI is InChI=1S/C10H15N3/c1-2-9(8-4-5-8)13-10-11-6-3-7-12-10/h3,6-9H,2,4-5H2,1H3,(H,11,12,13). The third-order valence-electron chi connectivity index (χ3n) is 2.51. The highest BCUT2D eigenvalue weighted by Gasteiger charge is 2.30. The first kappa shape index (κ1) is 8.48. The summed E-state index contributed by atoms with van der Waals surface area (Å²) >= 11 is 0. The van der Waals surface area contributed by atoms with Gasteiger partial charge in [-0.1, -0.05) is 6.92 Å². The molecule has 0 aliphatic heterocycles. The second kappa shape index (κ2) is 3.73. The molecule has 1 aliphatic rings. The van der Waals surface area contributed by atoms with Gasteiger partial charge in [-0.15, -0.1) is 0 Å². The molecule has 1 heterocycles. The summed E-state index contributed by atoms with van der Waals surface area (Å²) in [5.41, 5.74) is 0.